The van der Waals surface area contributed by atoms with Gasteiger partial charge in [0.1, 0.15) is 4.83 Å². The summed E-state index contributed by atoms with van der Waals surface area (Å²) >= 11 is 7.35. The highest BCUT2D eigenvalue weighted by molar-refractivity contribution is 7.15. The lowest BCUT2D eigenvalue weighted by atomic mass is 10.2. The smallest absolute Gasteiger partial charge is 0.263 e. The van der Waals surface area contributed by atoms with Gasteiger partial charge in [0.25, 0.3) is 5.56 Å². The minimum absolute atomic E-state index is 0.0941. The Balaban J connectivity index is 1.96. The molecule has 0 bridgehead atoms. The van der Waals surface area contributed by atoms with Gasteiger partial charge >= 0.3 is 0 Å². The maximum absolute atomic E-state index is 13.0. The third-order valence-corrected chi connectivity index (χ3v) is 5.17. The third-order valence-electron chi connectivity index (χ3n) is 3.90. The summed E-state index contributed by atoms with van der Waals surface area (Å²) in [5, 5.41) is 1.25. The van der Waals surface area contributed by atoms with E-state index in [2.05, 4.69) is 9.98 Å². The van der Waals surface area contributed by atoms with Crippen molar-refractivity contribution in [3.63, 3.8) is 0 Å². The lowest BCUT2D eigenvalue weighted by molar-refractivity contribution is 0.739. The lowest BCUT2D eigenvalue weighted by Gasteiger charge is -2.08. The molecule has 2 heterocycles. The fourth-order valence-corrected chi connectivity index (χ4v) is 3.71. The summed E-state index contributed by atoms with van der Waals surface area (Å²) in [5.41, 5.74) is 1.68. The van der Waals surface area contributed by atoms with Crippen LogP contribution >= 0.6 is 22.9 Å². The first-order chi connectivity index (χ1) is 12.7. The summed E-state index contributed by atoms with van der Waals surface area (Å²) in [6.45, 7) is 0.452. The van der Waals surface area contributed by atoms with Crippen LogP contribution < -0.4 is 10.4 Å². The molecule has 4 nitrogen and oxygen atoms in total. The van der Waals surface area contributed by atoms with Gasteiger partial charge in [0, 0.05) is 11.2 Å². The van der Waals surface area contributed by atoms with Crippen molar-refractivity contribution < 1.29 is 0 Å². The van der Waals surface area contributed by atoms with Crippen molar-refractivity contribution in [3.05, 3.63) is 98.7 Å². The van der Waals surface area contributed by atoms with Crippen molar-refractivity contribution in [2.45, 2.75) is 6.54 Å². The number of rotatable bonds is 3. The Labute approximate surface area is 158 Å². The molecule has 0 N–H and O–H groups in total. The third kappa shape index (κ3) is 3.45. The first-order valence-corrected chi connectivity index (χ1v) is 9.23. The largest absolute Gasteiger partial charge is 0.279 e. The fraction of sp³-hybridized carbons (Fsp3) is 0.0500. The summed E-state index contributed by atoms with van der Waals surface area (Å²) < 4.78 is 1.69. The van der Waals surface area contributed by atoms with Crippen molar-refractivity contribution in [3.8, 4) is 0 Å². The monoisotopic (exact) mass is 379 g/mol. The maximum atomic E-state index is 13.0. The maximum Gasteiger partial charge on any atom is 0.263 e. The second kappa shape index (κ2) is 7.23. The Morgan fingerprint density at radius 1 is 1.00 bits per heavy atom. The zero-order valence-electron chi connectivity index (χ0n) is 13.7. The van der Waals surface area contributed by atoms with E-state index in [1.807, 2.05) is 42.5 Å². The number of halogens is 1. The number of aromatic nitrogens is 2. The average molecular weight is 380 g/mol. The van der Waals surface area contributed by atoms with Gasteiger partial charge in [-0.15, -0.1) is 0 Å². The zero-order chi connectivity index (χ0) is 17.9. The van der Waals surface area contributed by atoms with E-state index < -0.39 is 0 Å². The SMILES string of the molecule is O=c1c2cccnc2sc(=Nc2ccc(Cl)cc2)n1Cc1ccccc1. The van der Waals surface area contributed by atoms with E-state index in [4.69, 9.17) is 11.6 Å². The zero-order valence-corrected chi connectivity index (χ0v) is 15.2. The Bertz CT molecular complexity index is 1180. The predicted molar refractivity (Wildman–Crippen MR) is 106 cm³/mol. The Hall–Kier alpha value is -2.76. The van der Waals surface area contributed by atoms with E-state index in [-0.39, 0.29) is 5.56 Å². The van der Waals surface area contributed by atoms with Crippen molar-refractivity contribution in [2.75, 3.05) is 0 Å². The van der Waals surface area contributed by atoms with E-state index in [1.165, 1.54) is 11.3 Å². The van der Waals surface area contributed by atoms with Crippen LogP contribution in [0.15, 0.2) is 82.7 Å². The Kier molecular flexibility index (Phi) is 4.65. The molecule has 0 saturated heterocycles. The Morgan fingerprint density at radius 3 is 2.54 bits per heavy atom. The van der Waals surface area contributed by atoms with E-state index in [0.29, 0.717) is 26.6 Å². The molecule has 0 fully saturated rings. The van der Waals surface area contributed by atoms with E-state index in [9.17, 15) is 4.79 Å². The quantitative estimate of drug-likeness (QED) is 0.530. The topological polar surface area (TPSA) is 47.2 Å². The van der Waals surface area contributed by atoms with Crippen LogP contribution in [-0.2, 0) is 6.54 Å². The van der Waals surface area contributed by atoms with Crippen LogP contribution in [-0.4, -0.2) is 9.55 Å². The van der Waals surface area contributed by atoms with Crippen molar-refractivity contribution in [2.24, 2.45) is 4.99 Å². The van der Waals surface area contributed by atoms with Gasteiger partial charge in [-0.05, 0) is 42.0 Å². The first kappa shape index (κ1) is 16.7. The highest BCUT2D eigenvalue weighted by atomic mass is 35.5. The second-order valence-electron chi connectivity index (χ2n) is 5.71. The summed E-state index contributed by atoms with van der Waals surface area (Å²) in [4.78, 5) is 23.3. The van der Waals surface area contributed by atoms with Crippen LogP contribution in [0.4, 0.5) is 5.69 Å². The van der Waals surface area contributed by atoms with Crippen molar-refractivity contribution >= 4 is 38.8 Å². The van der Waals surface area contributed by atoms with E-state index in [1.54, 1.807) is 35.0 Å². The number of pyridine rings is 1. The predicted octanol–water partition coefficient (Wildman–Crippen LogP) is 4.39. The van der Waals surface area contributed by atoms with Gasteiger partial charge in [0.15, 0.2) is 4.80 Å². The summed E-state index contributed by atoms with van der Waals surface area (Å²) in [6.07, 6.45) is 1.69. The van der Waals surface area contributed by atoms with Crippen molar-refractivity contribution in [1.82, 2.24) is 9.55 Å². The Morgan fingerprint density at radius 2 is 1.77 bits per heavy atom. The molecule has 4 aromatic rings. The lowest BCUT2D eigenvalue weighted by Crippen LogP contribution is -2.32. The molecule has 6 heteroatoms. The van der Waals surface area contributed by atoms with Crippen LogP contribution in [0.5, 0.6) is 0 Å². The van der Waals surface area contributed by atoms with Gasteiger partial charge in [-0.2, -0.15) is 0 Å². The van der Waals surface area contributed by atoms with Gasteiger partial charge in [-0.3, -0.25) is 9.36 Å². The molecule has 0 unspecified atom stereocenters. The molecular weight excluding hydrogens is 366 g/mol. The number of hydrogen-bond donors (Lipinski definition) is 0. The van der Waals surface area contributed by atoms with E-state index in [0.717, 1.165) is 11.3 Å². The molecular formula is C20H14ClN3OS. The summed E-state index contributed by atoms with van der Waals surface area (Å²) in [5.74, 6) is 0. The normalized spacial score (nSPS) is 11.8. The molecule has 128 valence electrons. The van der Waals surface area contributed by atoms with Crippen molar-refractivity contribution in [1.29, 1.82) is 0 Å². The van der Waals surface area contributed by atoms with E-state index >= 15 is 0 Å². The highest BCUT2D eigenvalue weighted by Gasteiger charge is 2.08. The average Bonchev–Trinajstić information content (AvgIpc) is 2.67. The molecule has 0 radical (unpaired) electrons. The fourth-order valence-electron chi connectivity index (χ4n) is 2.62. The molecule has 0 saturated carbocycles. The minimum Gasteiger partial charge on any atom is -0.279 e. The first-order valence-electron chi connectivity index (χ1n) is 8.03. The number of hydrogen-bond acceptors (Lipinski definition) is 4. The van der Waals surface area contributed by atoms with Crippen LogP contribution in [0.25, 0.3) is 10.2 Å². The molecule has 0 amide bonds. The number of fused-ring (bicyclic) bond motifs is 1. The van der Waals surface area contributed by atoms with Crippen LogP contribution in [0, 0.1) is 0 Å². The van der Waals surface area contributed by atoms with Crippen LogP contribution in [0.1, 0.15) is 5.56 Å². The molecule has 0 aliphatic rings. The molecule has 26 heavy (non-hydrogen) atoms. The molecule has 2 aromatic carbocycles. The molecule has 0 spiro atoms. The minimum atomic E-state index is -0.0941. The number of nitrogens with zero attached hydrogens (tertiary/aromatic N) is 3. The van der Waals surface area contributed by atoms with Gasteiger partial charge in [-0.25, -0.2) is 9.98 Å². The highest BCUT2D eigenvalue weighted by Crippen LogP contribution is 2.16. The molecule has 4 rings (SSSR count). The molecule has 0 atom stereocenters. The second-order valence-corrected chi connectivity index (χ2v) is 7.10. The van der Waals surface area contributed by atoms with Crippen LogP contribution in [0.3, 0.4) is 0 Å². The molecule has 0 aliphatic heterocycles. The van der Waals surface area contributed by atoms with Gasteiger partial charge in [0.05, 0.1) is 17.6 Å². The summed E-state index contributed by atoms with van der Waals surface area (Å²) in [6, 6.07) is 20.7. The number of benzene rings is 2. The van der Waals surface area contributed by atoms with Gasteiger partial charge < -0.3 is 0 Å². The standard InChI is InChI=1S/C20H14ClN3OS/c21-15-8-10-16(11-9-15)23-20-24(13-14-5-2-1-3-6-14)19(25)17-7-4-12-22-18(17)26-20/h1-12H,13H2. The molecule has 2 aromatic heterocycles. The molecule has 0 aliphatic carbocycles. The van der Waals surface area contributed by atoms with Gasteiger partial charge in [0.2, 0.25) is 0 Å². The summed E-state index contributed by atoms with van der Waals surface area (Å²) in [7, 11) is 0. The van der Waals surface area contributed by atoms with Crippen LogP contribution in [0.2, 0.25) is 5.02 Å². The van der Waals surface area contributed by atoms with Gasteiger partial charge in [-0.1, -0.05) is 53.3 Å².